The van der Waals surface area contributed by atoms with Crippen LogP contribution in [0.2, 0.25) is 0 Å². The molecule has 2 fully saturated rings. The molecule has 2 aliphatic rings. The van der Waals surface area contributed by atoms with E-state index >= 15 is 0 Å². The number of rotatable bonds is 6. The van der Waals surface area contributed by atoms with E-state index in [1.165, 1.54) is 12.1 Å². The number of halogens is 4. The minimum absolute atomic E-state index is 0.0934. The van der Waals surface area contributed by atoms with E-state index in [0.717, 1.165) is 55.6 Å². The van der Waals surface area contributed by atoms with Gasteiger partial charge < -0.3 is 15.3 Å². The third-order valence-corrected chi connectivity index (χ3v) is 7.10. The van der Waals surface area contributed by atoms with Crippen molar-refractivity contribution in [2.24, 2.45) is 5.41 Å². The molecule has 1 spiro atoms. The van der Waals surface area contributed by atoms with Gasteiger partial charge >= 0.3 is 12.1 Å². The first-order chi connectivity index (χ1) is 17.4. The summed E-state index contributed by atoms with van der Waals surface area (Å²) in [5.74, 6) is -2.59. The number of nitrogens with zero attached hydrogens (tertiary/aromatic N) is 1. The zero-order valence-electron chi connectivity index (χ0n) is 20.5. The molecule has 1 atom stereocenters. The highest BCUT2D eigenvalue weighted by Gasteiger charge is 2.51. The molecule has 2 saturated heterocycles. The van der Waals surface area contributed by atoms with Crippen LogP contribution in [0.15, 0.2) is 48.5 Å². The Morgan fingerprint density at radius 3 is 2.16 bits per heavy atom. The second kappa shape index (κ2) is 11.9. The van der Waals surface area contributed by atoms with Crippen molar-refractivity contribution in [1.82, 2.24) is 10.2 Å². The number of piperidine rings is 1. The van der Waals surface area contributed by atoms with Crippen LogP contribution < -0.4 is 5.32 Å². The molecular formula is C27H30F4N2O4. The molecule has 2 aromatic rings. The van der Waals surface area contributed by atoms with Crippen LogP contribution in [-0.4, -0.2) is 60.0 Å². The van der Waals surface area contributed by atoms with Crippen LogP contribution in [0, 0.1) is 18.2 Å². The third-order valence-electron chi connectivity index (χ3n) is 7.10. The number of carbonyl (C=O) groups is 3. The monoisotopic (exact) mass is 522 g/mol. The van der Waals surface area contributed by atoms with E-state index in [1.54, 1.807) is 0 Å². The van der Waals surface area contributed by atoms with Crippen molar-refractivity contribution in [2.45, 2.75) is 44.7 Å². The van der Waals surface area contributed by atoms with Gasteiger partial charge in [0.1, 0.15) is 5.82 Å². The van der Waals surface area contributed by atoms with Gasteiger partial charge in [-0.2, -0.15) is 13.2 Å². The van der Waals surface area contributed by atoms with Gasteiger partial charge in [0.15, 0.2) is 5.78 Å². The lowest BCUT2D eigenvalue weighted by atomic mass is 9.68. The largest absolute Gasteiger partial charge is 0.490 e. The van der Waals surface area contributed by atoms with Crippen LogP contribution in [0.1, 0.15) is 53.1 Å². The number of hydrogen-bond donors (Lipinski definition) is 2. The van der Waals surface area contributed by atoms with Crippen molar-refractivity contribution in [2.75, 3.05) is 26.2 Å². The molecule has 2 aromatic carbocycles. The van der Waals surface area contributed by atoms with E-state index in [0.29, 0.717) is 13.0 Å². The Labute approximate surface area is 212 Å². The maximum absolute atomic E-state index is 13.3. The smallest absolute Gasteiger partial charge is 0.475 e. The van der Waals surface area contributed by atoms with Gasteiger partial charge in [-0.25, -0.2) is 9.18 Å². The van der Waals surface area contributed by atoms with Gasteiger partial charge in [-0.15, -0.1) is 0 Å². The second-order valence-electron chi connectivity index (χ2n) is 9.51. The van der Waals surface area contributed by atoms with Gasteiger partial charge in [0.05, 0.1) is 5.41 Å². The Hall–Kier alpha value is -3.27. The molecule has 200 valence electrons. The minimum atomic E-state index is -5.08. The first kappa shape index (κ1) is 28.3. The molecule has 0 radical (unpaired) electrons. The number of ketones is 1. The molecule has 10 heteroatoms. The van der Waals surface area contributed by atoms with Crippen molar-refractivity contribution < 1.29 is 37.1 Å². The van der Waals surface area contributed by atoms with Crippen LogP contribution in [0.4, 0.5) is 17.6 Å². The van der Waals surface area contributed by atoms with Crippen molar-refractivity contribution in [3.63, 3.8) is 0 Å². The van der Waals surface area contributed by atoms with Crippen LogP contribution >= 0.6 is 0 Å². The van der Waals surface area contributed by atoms with Gasteiger partial charge in [-0.05, 0) is 63.5 Å². The summed E-state index contributed by atoms with van der Waals surface area (Å²) in [6.07, 6.45) is -2.11. The topological polar surface area (TPSA) is 86.7 Å². The minimum Gasteiger partial charge on any atom is -0.475 e. The Bertz CT molecular complexity index is 1090. The normalized spacial score (nSPS) is 19.2. The molecule has 2 aliphatic heterocycles. The summed E-state index contributed by atoms with van der Waals surface area (Å²) < 4.78 is 45.1. The first-order valence-corrected chi connectivity index (χ1v) is 12.1. The van der Waals surface area contributed by atoms with Crippen molar-refractivity contribution in [1.29, 1.82) is 0 Å². The summed E-state index contributed by atoms with van der Waals surface area (Å²) in [7, 11) is 0. The number of alkyl halides is 3. The lowest BCUT2D eigenvalue weighted by Gasteiger charge is -2.41. The number of amides is 1. The van der Waals surface area contributed by atoms with E-state index in [4.69, 9.17) is 9.90 Å². The number of carboxylic acid groups (broad SMARTS) is 1. The fourth-order valence-corrected chi connectivity index (χ4v) is 4.95. The number of aryl methyl sites for hydroxylation is 1. The number of carboxylic acids is 1. The molecule has 0 aliphatic carbocycles. The predicted molar refractivity (Wildman–Crippen MR) is 129 cm³/mol. The predicted octanol–water partition coefficient (Wildman–Crippen LogP) is 4.73. The fraction of sp³-hybridized carbons (Fsp3) is 0.444. The van der Waals surface area contributed by atoms with E-state index < -0.39 is 17.6 Å². The molecular weight excluding hydrogens is 492 g/mol. The number of Topliss-reactive ketones (excluding diaryl/α,β-unsaturated/α-hetero) is 1. The third kappa shape index (κ3) is 7.15. The van der Waals surface area contributed by atoms with Crippen molar-refractivity contribution >= 4 is 17.7 Å². The van der Waals surface area contributed by atoms with E-state index in [2.05, 4.69) is 10.2 Å². The zero-order chi connectivity index (χ0) is 27.2. The van der Waals surface area contributed by atoms with Gasteiger partial charge in [0.2, 0.25) is 5.91 Å². The van der Waals surface area contributed by atoms with Crippen LogP contribution in [-0.2, 0) is 9.59 Å². The van der Waals surface area contributed by atoms with Gasteiger partial charge in [0, 0.05) is 24.4 Å². The average molecular weight is 523 g/mol. The molecule has 6 nitrogen and oxygen atoms in total. The number of aliphatic carboxylic acids is 1. The van der Waals surface area contributed by atoms with Gasteiger partial charge in [-0.3, -0.25) is 9.59 Å². The number of carbonyl (C=O) groups excluding carboxylic acids is 2. The molecule has 0 bridgehead atoms. The summed E-state index contributed by atoms with van der Waals surface area (Å²) in [5, 5.41) is 10.2. The van der Waals surface area contributed by atoms with Crippen molar-refractivity contribution in [3.8, 4) is 0 Å². The maximum Gasteiger partial charge on any atom is 0.490 e. The fourth-order valence-electron chi connectivity index (χ4n) is 4.95. The van der Waals surface area contributed by atoms with Gasteiger partial charge in [0.25, 0.3) is 0 Å². The molecule has 0 unspecified atom stereocenters. The molecule has 0 aromatic heterocycles. The highest BCUT2D eigenvalue weighted by atomic mass is 19.4. The summed E-state index contributed by atoms with van der Waals surface area (Å²) in [6.45, 7) is 5.21. The number of likely N-dealkylation sites (tertiary alicyclic amines) is 1. The molecule has 1 amide bonds. The summed E-state index contributed by atoms with van der Waals surface area (Å²) in [4.78, 5) is 36.4. The quantitative estimate of drug-likeness (QED) is 0.423. The van der Waals surface area contributed by atoms with Crippen LogP contribution in [0.25, 0.3) is 0 Å². The SMILES string of the molecule is Cc1ccc(C(=O)CCCN2CCC3(CC2)C(=O)NC[C@@H]3c2ccc(F)cc2)cc1.O=C(O)C(F)(F)F. The number of nitrogens with one attached hydrogen (secondary N) is 1. The Kier molecular flexibility index (Phi) is 9.07. The lowest BCUT2D eigenvalue weighted by molar-refractivity contribution is -0.192. The van der Waals surface area contributed by atoms with Crippen LogP contribution in [0.3, 0.4) is 0 Å². The van der Waals surface area contributed by atoms with E-state index in [-0.39, 0.29) is 23.4 Å². The molecule has 2 heterocycles. The molecule has 0 saturated carbocycles. The van der Waals surface area contributed by atoms with Crippen molar-refractivity contribution in [3.05, 3.63) is 71.0 Å². The van der Waals surface area contributed by atoms with E-state index in [9.17, 15) is 27.2 Å². The van der Waals surface area contributed by atoms with E-state index in [1.807, 2.05) is 43.3 Å². The highest BCUT2D eigenvalue weighted by Crippen LogP contribution is 2.47. The zero-order valence-corrected chi connectivity index (χ0v) is 20.5. The molecule has 2 N–H and O–H groups in total. The number of benzene rings is 2. The standard InChI is InChI=1S/C25H29FN2O2.C2HF3O2/c1-18-4-6-20(7-5-18)23(29)3-2-14-28-15-12-25(13-16-28)22(17-27-24(25)30)19-8-10-21(26)11-9-19;3-2(4,5)1(6)7/h4-11,22H,2-3,12-17H2,1H3,(H,27,30);(H,6,7)/t22-;/m1./s1. The molecule has 37 heavy (non-hydrogen) atoms. The lowest BCUT2D eigenvalue weighted by Crippen LogP contribution is -2.46. The average Bonchev–Trinajstić information content (AvgIpc) is 3.16. The first-order valence-electron chi connectivity index (χ1n) is 12.1. The molecule has 4 rings (SSSR count). The summed E-state index contributed by atoms with van der Waals surface area (Å²) >= 11 is 0. The van der Waals surface area contributed by atoms with Crippen LogP contribution in [0.5, 0.6) is 0 Å². The Balaban J connectivity index is 0.000000479. The summed E-state index contributed by atoms with van der Waals surface area (Å²) in [6, 6.07) is 14.3. The highest BCUT2D eigenvalue weighted by molar-refractivity contribution is 5.96. The summed E-state index contributed by atoms with van der Waals surface area (Å²) in [5.41, 5.74) is 2.57. The number of hydrogen-bond acceptors (Lipinski definition) is 4. The Morgan fingerprint density at radius 2 is 1.62 bits per heavy atom. The Morgan fingerprint density at radius 1 is 1.05 bits per heavy atom. The maximum atomic E-state index is 13.3. The van der Waals surface area contributed by atoms with Gasteiger partial charge in [-0.1, -0.05) is 42.0 Å². The second-order valence-corrected chi connectivity index (χ2v) is 9.51.